The molecular weight excluding hydrogens is 532 g/mol. The predicted octanol–water partition coefficient (Wildman–Crippen LogP) is 3.74. The number of halogens is 1. The van der Waals surface area contributed by atoms with Crippen molar-refractivity contribution in [3.8, 4) is 5.75 Å². The van der Waals surface area contributed by atoms with Crippen molar-refractivity contribution in [2.24, 2.45) is 5.73 Å². The first-order chi connectivity index (χ1) is 18.9. The van der Waals surface area contributed by atoms with Crippen LogP contribution >= 0.6 is 11.6 Å². The Hall–Kier alpha value is -3.36. The quantitative estimate of drug-likeness (QED) is 0.218. The number of carbonyl (C=O) groups is 1. The van der Waals surface area contributed by atoms with Gasteiger partial charge in [0.1, 0.15) is 12.4 Å². The Morgan fingerprint density at radius 2 is 2.03 bits per heavy atom. The molecule has 208 valence electrons. The monoisotopic (exact) mass is 569 g/mol. The van der Waals surface area contributed by atoms with E-state index in [4.69, 9.17) is 22.1 Å². The highest BCUT2D eigenvalue weighted by Gasteiger charge is 2.20. The molecule has 1 amide bonds. The normalized spacial score (nSPS) is 14.9. The molecule has 0 saturated heterocycles. The largest absolute Gasteiger partial charge is 0.487 e. The zero-order valence-electron chi connectivity index (χ0n) is 22.3. The summed E-state index contributed by atoms with van der Waals surface area (Å²) in [6.45, 7) is 9.65. The maximum absolute atomic E-state index is 13.1. The van der Waals surface area contributed by atoms with E-state index in [1.54, 1.807) is 24.4 Å². The lowest BCUT2D eigenvalue weighted by Gasteiger charge is -2.27. The van der Waals surface area contributed by atoms with E-state index in [0.29, 0.717) is 48.2 Å². The van der Waals surface area contributed by atoms with Crippen LogP contribution in [0.5, 0.6) is 5.75 Å². The zero-order chi connectivity index (χ0) is 28.0. The standard InChI is InChI=1S/C30H37ClN4O3S/c1-3-5-6-10-30(36)34-39(37)27-13-14-29-28(18-27)35(21-23(19-32)20-33-15-4-2)16-8-7-9-24-17-26(31)12-11-25(24)22-38-29/h3-4,11-14,17-20H,1-2,5-10,15-16,21-22,32H2,(H,34,36)/p+1. The molecule has 2 aromatic rings. The van der Waals surface area contributed by atoms with Crippen LogP contribution in [-0.2, 0) is 28.8 Å². The van der Waals surface area contributed by atoms with E-state index in [1.165, 1.54) is 5.56 Å². The fourth-order valence-corrected chi connectivity index (χ4v) is 5.30. The van der Waals surface area contributed by atoms with Crippen LogP contribution in [-0.4, -0.2) is 36.0 Å². The molecule has 0 radical (unpaired) electrons. The van der Waals surface area contributed by atoms with Gasteiger partial charge in [0.2, 0.25) is 5.91 Å². The summed E-state index contributed by atoms with van der Waals surface area (Å²) in [4.78, 5) is 18.2. The number of nitrogens with two attached hydrogens (primary N) is 1. The second-order valence-electron chi connectivity index (χ2n) is 9.27. The van der Waals surface area contributed by atoms with E-state index >= 15 is 0 Å². The van der Waals surface area contributed by atoms with Gasteiger partial charge in [-0.1, -0.05) is 30.3 Å². The number of fused-ring (bicyclic) bond motifs is 2. The fraction of sp³-hybridized carbons (Fsp3) is 0.333. The third-order valence-electron chi connectivity index (χ3n) is 6.32. The van der Waals surface area contributed by atoms with E-state index in [9.17, 15) is 9.00 Å². The van der Waals surface area contributed by atoms with Crippen molar-refractivity contribution in [3.63, 3.8) is 0 Å². The summed E-state index contributed by atoms with van der Waals surface area (Å²) in [5, 5.41) is 0.713. The van der Waals surface area contributed by atoms with Gasteiger partial charge in [-0.15, -0.1) is 6.58 Å². The lowest BCUT2D eigenvalue weighted by molar-refractivity contribution is -0.438. The Labute approximate surface area is 239 Å². The molecule has 0 spiro atoms. The fourth-order valence-electron chi connectivity index (χ4n) is 4.27. The van der Waals surface area contributed by atoms with E-state index in [1.807, 2.05) is 36.5 Å². The van der Waals surface area contributed by atoms with Gasteiger partial charge in [-0.2, -0.15) is 0 Å². The molecule has 1 atom stereocenters. The zero-order valence-corrected chi connectivity index (χ0v) is 23.9. The number of carbonyl (C=O) groups excluding carboxylic acids is 1. The van der Waals surface area contributed by atoms with Gasteiger partial charge in [0, 0.05) is 29.8 Å². The molecule has 7 nitrogen and oxygen atoms in total. The molecule has 0 bridgehead atoms. The minimum Gasteiger partial charge on any atom is -0.487 e. The van der Waals surface area contributed by atoms with Gasteiger partial charge in [-0.3, -0.25) is 9.52 Å². The van der Waals surface area contributed by atoms with Gasteiger partial charge in [0.05, 0.1) is 17.1 Å². The van der Waals surface area contributed by atoms with E-state index < -0.39 is 11.0 Å². The summed E-state index contributed by atoms with van der Waals surface area (Å²) in [5.74, 6) is 0.401. The highest BCUT2D eigenvalue weighted by molar-refractivity contribution is 7.83. The Morgan fingerprint density at radius 1 is 1.18 bits per heavy atom. The summed E-state index contributed by atoms with van der Waals surface area (Å²) >= 11 is 6.28. The summed E-state index contributed by atoms with van der Waals surface area (Å²) in [6.07, 6.45) is 11.4. The summed E-state index contributed by atoms with van der Waals surface area (Å²) in [7, 11) is -1.71. The molecule has 4 N–H and O–H groups in total. The smallest absolute Gasteiger partial charge is 0.231 e. The molecule has 1 aliphatic rings. The molecular formula is C30H38ClN4O3S+. The second kappa shape index (κ2) is 15.9. The van der Waals surface area contributed by atoms with Crippen molar-refractivity contribution >= 4 is 40.4 Å². The number of nitrogens with zero attached hydrogens (tertiary/aromatic N) is 1. The van der Waals surface area contributed by atoms with Crippen LogP contribution in [0.3, 0.4) is 0 Å². The van der Waals surface area contributed by atoms with Gasteiger partial charge in [-0.25, -0.2) is 9.20 Å². The lowest BCUT2D eigenvalue weighted by Crippen LogP contribution is -2.68. The van der Waals surface area contributed by atoms with Crippen LogP contribution < -0.4 is 25.1 Å². The molecule has 1 unspecified atom stereocenters. The average molecular weight is 570 g/mol. The van der Waals surface area contributed by atoms with Crippen molar-refractivity contribution in [2.45, 2.75) is 50.0 Å². The number of anilines is 1. The van der Waals surface area contributed by atoms with Crippen molar-refractivity contribution in [3.05, 3.63) is 89.6 Å². The third kappa shape index (κ3) is 9.41. The second-order valence-corrected chi connectivity index (χ2v) is 10.9. The van der Waals surface area contributed by atoms with Crippen molar-refractivity contribution < 1.29 is 18.7 Å². The minimum atomic E-state index is -1.71. The summed E-state index contributed by atoms with van der Waals surface area (Å²) in [6, 6.07) is 11.3. The SMILES string of the molecule is C=CCCCC(=O)NS(=O)c1ccc2c(c1)N(CC(C=[NH+]CC=C)=CN)CCCCc1cc(Cl)ccc1CO2. The van der Waals surface area contributed by atoms with E-state index in [0.717, 1.165) is 49.1 Å². The van der Waals surface area contributed by atoms with Gasteiger partial charge in [-0.05, 0) is 79.6 Å². The molecule has 0 aliphatic carbocycles. The summed E-state index contributed by atoms with van der Waals surface area (Å²) in [5.41, 5.74) is 9.90. The number of unbranched alkanes of at least 4 members (excludes halogenated alkanes) is 1. The maximum atomic E-state index is 13.1. The number of allylic oxidation sites excluding steroid dienone is 1. The van der Waals surface area contributed by atoms with Gasteiger partial charge in [0.25, 0.3) is 0 Å². The number of rotatable bonds is 11. The van der Waals surface area contributed by atoms with Gasteiger partial charge in [0.15, 0.2) is 23.7 Å². The predicted molar refractivity (Wildman–Crippen MR) is 160 cm³/mol. The van der Waals surface area contributed by atoms with Crippen LogP contribution in [0.15, 0.2) is 78.4 Å². The number of benzene rings is 2. The Kier molecular flexibility index (Phi) is 12.3. The number of hydrogen-bond donors (Lipinski definition) is 3. The number of amides is 1. The molecule has 1 heterocycles. The molecule has 2 aromatic carbocycles. The molecule has 0 saturated carbocycles. The first kappa shape index (κ1) is 30.2. The van der Waals surface area contributed by atoms with Crippen LogP contribution in [0.4, 0.5) is 5.69 Å². The molecule has 3 rings (SSSR count). The van der Waals surface area contributed by atoms with Gasteiger partial charge < -0.3 is 15.4 Å². The maximum Gasteiger partial charge on any atom is 0.231 e. The third-order valence-corrected chi connectivity index (χ3v) is 7.65. The van der Waals surface area contributed by atoms with Crippen LogP contribution in [0.2, 0.25) is 5.02 Å². The molecule has 0 fully saturated rings. The molecule has 0 aromatic heterocycles. The number of nitrogens with one attached hydrogen (secondary N) is 2. The van der Waals surface area contributed by atoms with Crippen molar-refractivity contribution in [1.82, 2.24) is 4.72 Å². The number of ether oxygens (including phenoxy) is 1. The highest BCUT2D eigenvalue weighted by atomic mass is 35.5. The average Bonchev–Trinajstić information content (AvgIpc) is 2.96. The van der Waals surface area contributed by atoms with Crippen molar-refractivity contribution in [2.75, 3.05) is 24.5 Å². The molecule has 39 heavy (non-hydrogen) atoms. The first-order valence-corrected chi connectivity index (χ1v) is 14.7. The Balaban J connectivity index is 1.94. The first-order valence-electron chi connectivity index (χ1n) is 13.1. The van der Waals surface area contributed by atoms with Crippen LogP contribution in [0.25, 0.3) is 0 Å². The summed E-state index contributed by atoms with van der Waals surface area (Å²) < 4.78 is 22.0. The van der Waals surface area contributed by atoms with E-state index in [-0.39, 0.29) is 5.91 Å². The van der Waals surface area contributed by atoms with Crippen molar-refractivity contribution in [1.29, 1.82) is 0 Å². The van der Waals surface area contributed by atoms with Crippen LogP contribution in [0.1, 0.15) is 43.2 Å². The van der Waals surface area contributed by atoms with Crippen LogP contribution in [0, 0.1) is 0 Å². The van der Waals surface area contributed by atoms with E-state index in [2.05, 4.69) is 27.8 Å². The number of aryl methyl sites for hydroxylation is 1. The topological polar surface area (TPSA) is 98.6 Å². The Bertz CT molecular complexity index is 1240. The molecule has 1 aliphatic heterocycles. The van der Waals surface area contributed by atoms with Gasteiger partial charge >= 0.3 is 0 Å². The Morgan fingerprint density at radius 3 is 2.79 bits per heavy atom. The number of hydrogen-bond acceptors (Lipinski definition) is 5. The molecule has 9 heteroatoms. The lowest BCUT2D eigenvalue weighted by atomic mass is 10.0. The highest BCUT2D eigenvalue weighted by Crippen LogP contribution is 2.33. The minimum absolute atomic E-state index is 0.258.